The van der Waals surface area contributed by atoms with E-state index in [0.29, 0.717) is 17.5 Å². The zero-order chi connectivity index (χ0) is 16.0. The maximum Gasteiger partial charge on any atom is 0.265 e. The van der Waals surface area contributed by atoms with E-state index in [-0.39, 0.29) is 12.0 Å². The first kappa shape index (κ1) is 14.8. The molecule has 2 atom stereocenters. The number of hydrogen-bond acceptors (Lipinski definition) is 6. The summed E-state index contributed by atoms with van der Waals surface area (Å²) in [4.78, 5) is 22.0. The highest BCUT2D eigenvalue weighted by molar-refractivity contribution is 7.16. The third-order valence-electron chi connectivity index (χ3n) is 4.53. The first-order valence-electron chi connectivity index (χ1n) is 7.68. The lowest BCUT2D eigenvalue weighted by Gasteiger charge is -2.33. The normalized spacial score (nSPS) is 24.9. The number of ether oxygens (including phenoxy) is 1. The SMILES string of the molecule is CN1CCO[C@@H]2CN(C(=O)c3cnc(-c4cnn(C)c4)s3)C[C@@H]21. The zero-order valence-corrected chi connectivity index (χ0v) is 14.0. The van der Waals surface area contributed by atoms with Crippen LogP contribution in [0.2, 0.25) is 0 Å². The third-order valence-corrected chi connectivity index (χ3v) is 5.57. The van der Waals surface area contributed by atoms with E-state index in [2.05, 4.69) is 22.0 Å². The molecule has 7 nitrogen and oxygen atoms in total. The lowest BCUT2D eigenvalue weighted by Crippen LogP contribution is -2.48. The molecule has 0 N–H and O–H groups in total. The van der Waals surface area contributed by atoms with Crippen LogP contribution >= 0.6 is 11.3 Å². The molecule has 0 unspecified atom stereocenters. The number of likely N-dealkylation sites (tertiary alicyclic amines) is 1. The number of amides is 1. The van der Waals surface area contributed by atoms with Gasteiger partial charge in [-0.25, -0.2) is 4.98 Å². The Hall–Kier alpha value is -1.77. The first-order valence-corrected chi connectivity index (χ1v) is 8.49. The smallest absolute Gasteiger partial charge is 0.265 e. The van der Waals surface area contributed by atoms with Crippen LogP contribution in [0.4, 0.5) is 0 Å². The monoisotopic (exact) mass is 333 g/mol. The van der Waals surface area contributed by atoms with E-state index < -0.39 is 0 Å². The summed E-state index contributed by atoms with van der Waals surface area (Å²) in [5.41, 5.74) is 0.940. The molecule has 0 bridgehead atoms. The fraction of sp³-hybridized carbons (Fsp3) is 0.533. The Kier molecular flexibility index (Phi) is 3.67. The highest BCUT2D eigenvalue weighted by Gasteiger charge is 2.40. The standard InChI is InChI=1S/C15H19N5O2S/c1-18-3-4-22-12-9-20(8-11(12)18)15(21)13-6-16-14(23-13)10-5-17-19(2)7-10/h5-7,11-12H,3-4,8-9H2,1-2H3/t11-,12+/m0/s1. The van der Waals surface area contributed by atoms with E-state index >= 15 is 0 Å². The first-order chi connectivity index (χ1) is 11.1. The summed E-state index contributed by atoms with van der Waals surface area (Å²) >= 11 is 1.42. The molecule has 2 aliphatic rings. The van der Waals surface area contributed by atoms with Gasteiger partial charge in [0.05, 0.1) is 31.1 Å². The van der Waals surface area contributed by atoms with E-state index in [1.165, 1.54) is 11.3 Å². The van der Waals surface area contributed by atoms with Gasteiger partial charge in [-0.1, -0.05) is 0 Å². The summed E-state index contributed by atoms with van der Waals surface area (Å²) in [5.74, 6) is 0.0454. The summed E-state index contributed by atoms with van der Waals surface area (Å²) in [6, 6.07) is 0.304. The number of likely N-dealkylation sites (N-methyl/N-ethyl adjacent to an activating group) is 1. The van der Waals surface area contributed by atoms with E-state index in [1.807, 2.05) is 18.1 Å². The summed E-state index contributed by atoms with van der Waals surface area (Å²) < 4.78 is 7.54. The van der Waals surface area contributed by atoms with E-state index in [1.54, 1.807) is 17.1 Å². The molecule has 122 valence electrons. The molecule has 0 saturated carbocycles. The van der Waals surface area contributed by atoms with E-state index in [4.69, 9.17) is 4.74 Å². The molecule has 2 saturated heterocycles. The molecule has 2 aromatic heterocycles. The minimum absolute atomic E-state index is 0.0454. The molecule has 8 heteroatoms. The molecule has 4 heterocycles. The van der Waals surface area contributed by atoms with E-state index in [0.717, 1.165) is 30.3 Å². The van der Waals surface area contributed by atoms with Crippen LogP contribution < -0.4 is 0 Å². The number of nitrogens with zero attached hydrogens (tertiary/aromatic N) is 5. The van der Waals surface area contributed by atoms with Gasteiger partial charge in [0.15, 0.2) is 0 Å². The molecule has 2 aliphatic heterocycles. The maximum atomic E-state index is 12.7. The van der Waals surface area contributed by atoms with Crippen LogP contribution in [0.3, 0.4) is 0 Å². The van der Waals surface area contributed by atoms with Crippen molar-refractivity contribution in [3.8, 4) is 10.6 Å². The van der Waals surface area contributed by atoms with Crippen LogP contribution in [0, 0.1) is 0 Å². The fourth-order valence-corrected chi connectivity index (χ4v) is 4.08. The van der Waals surface area contributed by atoms with Gasteiger partial charge in [-0.05, 0) is 7.05 Å². The van der Waals surface area contributed by atoms with Crippen molar-refractivity contribution in [2.75, 3.05) is 33.3 Å². The third kappa shape index (κ3) is 2.66. The average molecular weight is 333 g/mol. The van der Waals surface area contributed by atoms with Gasteiger partial charge in [0, 0.05) is 38.4 Å². The second-order valence-corrected chi connectivity index (χ2v) is 7.13. The van der Waals surface area contributed by atoms with Crippen LogP contribution in [-0.2, 0) is 11.8 Å². The zero-order valence-electron chi connectivity index (χ0n) is 13.2. The molecule has 0 radical (unpaired) electrons. The Morgan fingerprint density at radius 3 is 2.96 bits per heavy atom. The molecule has 1 amide bonds. The predicted molar refractivity (Wildman–Crippen MR) is 86.4 cm³/mol. The van der Waals surface area contributed by atoms with Crippen LogP contribution in [0.15, 0.2) is 18.6 Å². The maximum absolute atomic E-state index is 12.7. The number of aromatic nitrogens is 3. The van der Waals surface area contributed by atoms with Gasteiger partial charge in [-0.3, -0.25) is 14.4 Å². The van der Waals surface area contributed by atoms with Crippen molar-refractivity contribution in [1.82, 2.24) is 24.6 Å². The van der Waals surface area contributed by atoms with E-state index in [9.17, 15) is 4.79 Å². The summed E-state index contributed by atoms with van der Waals surface area (Å²) in [6.45, 7) is 3.05. The van der Waals surface area contributed by atoms with Crippen LogP contribution in [-0.4, -0.2) is 75.9 Å². The summed E-state index contributed by atoms with van der Waals surface area (Å²) in [7, 11) is 3.97. The highest BCUT2D eigenvalue weighted by Crippen LogP contribution is 2.28. The average Bonchev–Trinajstić information content (AvgIpc) is 3.25. The van der Waals surface area contributed by atoms with Crippen LogP contribution in [0.25, 0.3) is 10.6 Å². The predicted octanol–water partition coefficient (Wildman–Crippen LogP) is 0.699. The van der Waals surface area contributed by atoms with Gasteiger partial charge in [0.25, 0.3) is 5.91 Å². The van der Waals surface area contributed by atoms with Crippen LogP contribution in [0.5, 0.6) is 0 Å². The molecular formula is C15H19N5O2S. The van der Waals surface area contributed by atoms with Gasteiger partial charge in [0.1, 0.15) is 9.88 Å². The Morgan fingerprint density at radius 2 is 2.22 bits per heavy atom. The topological polar surface area (TPSA) is 63.5 Å². The lowest BCUT2D eigenvalue weighted by molar-refractivity contribution is -0.0368. The minimum atomic E-state index is 0.0454. The number of carbonyl (C=O) groups excluding carboxylic acids is 1. The van der Waals surface area contributed by atoms with Gasteiger partial charge in [-0.2, -0.15) is 5.10 Å². The fourth-order valence-electron chi connectivity index (χ4n) is 3.22. The van der Waals surface area contributed by atoms with Crippen molar-refractivity contribution in [3.05, 3.63) is 23.5 Å². The number of carbonyl (C=O) groups is 1. The Labute approximate surface area is 138 Å². The van der Waals surface area contributed by atoms with Gasteiger partial charge >= 0.3 is 0 Å². The summed E-state index contributed by atoms with van der Waals surface area (Å²) in [6.07, 6.45) is 5.46. The Bertz CT molecular complexity index is 727. The highest BCUT2D eigenvalue weighted by atomic mass is 32.1. The van der Waals surface area contributed by atoms with Crippen molar-refractivity contribution >= 4 is 17.2 Å². The van der Waals surface area contributed by atoms with Crippen molar-refractivity contribution in [1.29, 1.82) is 0 Å². The lowest BCUT2D eigenvalue weighted by atomic mass is 10.1. The number of aryl methyl sites for hydroxylation is 1. The second-order valence-electron chi connectivity index (χ2n) is 6.10. The molecule has 0 aliphatic carbocycles. The van der Waals surface area contributed by atoms with Crippen LogP contribution in [0.1, 0.15) is 9.67 Å². The molecular weight excluding hydrogens is 314 g/mol. The number of hydrogen-bond donors (Lipinski definition) is 0. The Balaban J connectivity index is 1.50. The molecule has 2 fully saturated rings. The molecule has 0 spiro atoms. The quantitative estimate of drug-likeness (QED) is 0.809. The van der Waals surface area contributed by atoms with Gasteiger partial charge in [-0.15, -0.1) is 11.3 Å². The van der Waals surface area contributed by atoms with Crippen molar-refractivity contribution in [2.45, 2.75) is 12.1 Å². The summed E-state index contributed by atoms with van der Waals surface area (Å²) in [5, 5.41) is 4.97. The number of rotatable bonds is 2. The minimum Gasteiger partial charge on any atom is -0.373 e. The van der Waals surface area contributed by atoms with Crippen molar-refractivity contribution in [2.24, 2.45) is 7.05 Å². The number of thiazole rings is 1. The second kappa shape index (κ2) is 5.70. The largest absolute Gasteiger partial charge is 0.373 e. The molecule has 0 aromatic carbocycles. The molecule has 2 aromatic rings. The van der Waals surface area contributed by atoms with Crippen molar-refractivity contribution in [3.63, 3.8) is 0 Å². The van der Waals surface area contributed by atoms with Gasteiger partial charge < -0.3 is 9.64 Å². The number of morpholine rings is 1. The van der Waals surface area contributed by atoms with Crippen molar-refractivity contribution < 1.29 is 9.53 Å². The Morgan fingerprint density at radius 1 is 1.35 bits per heavy atom. The van der Waals surface area contributed by atoms with Gasteiger partial charge in [0.2, 0.25) is 0 Å². The number of fused-ring (bicyclic) bond motifs is 1. The molecule has 4 rings (SSSR count). The molecule has 23 heavy (non-hydrogen) atoms.